The molecule has 0 unspecified atom stereocenters. The quantitative estimate of drug-likeness (QED) is 0.193. The third kappa shape index (κ3) is 3.56. The third-order valence-corrected chi connectivity index (χ3v) is 9.63. The zero-order chi connectivity index (χ0) is 29.5. The molecule has 0 fully saturated rings. The minimum Gasteiger partial charge on any atom is -0.456 e. The maximum absolute atomic E-state index is 6.56. The lowest BCUT2D eigenvalue weighted by Crippen LogP contribution is -1.92. The van der Waals surface area contributed by atoms with Gasteiger partial charge in [0.2, 0.25) is 0 Å². The summed E-state index contributed by atoms with van der Waals surface area (Å²) in [6, 6.07) is 57.3. The van der Waals surface area contributed by atoms with E-state index in [4.69, 9.17) is 4.42 Å². The van der Waals surface area contributed by atoms with Gasteiger partial charge in [0, 0.05) is 10.9 Å². The van der Waals surface area contributed by atoms with Gasteiger partial charge >= 0.3 is 0 Å². The lowest BCUT2D eigenvalue weighted by Gasteiger charge is -2.19. The second-order valence-corrected chi connectivity index (χ2v) is 12.0. The highest BCUT2D eigenvalue weighted by Crippen LogP contribution is 2.48. The molecule has 0 bridgehead atoms. The van der Waals surface area contributed by atoms with Gasteiger partial charge in [0.05, 0.1) is 0 Å². The van der Waals surface area contributed by atoms with Crippen LogP contribution in [-0.2, 0) is 0 Å². The Labute approximate surface area is 259 Å². The maximum atomic E-state index is 6.56. The molecule has 0 aliphatic rings. The van der Waals surface area contributed by atoms with Crippen molar-refractivity contribution < 1.29 is 4.42 Å². The second-order valence-electron chi connectivity index (χ2n) is 12.0. The van der Waals surface area contributed by atoms with E-state index >= 15 is 0 Å². The van der Waals surface area contributed by atoms with Crippen molar-refractivity contribution in [3.63, 3.8) is 0 Å². The Bertz CT molecular complexity index is 2720. The molecule has 0 aliphatic heterocycles. The van der Waals surface area contributed by atoms with Crippen LogP contribution in [0.1, 0.15) is 0 Å². The molecule has 0 amide bonds. The lowest BCUT2D eigenvalue weighted by molar-refractivity contribution is 0.632. The summed E-state index contributed by atoms with van der Waals surface area (Å²) < 4.78 is 6.56. The van der Waals surface area contributed by atoms with Crippen LogP contribution in [0.5, 0.6) is 0 Å². The molecule has 0 radical (unpaired) electrons. The van der Waals surface area contributed by atoms with Crippen molar-refractivity contribution in [2.75, 3.05) is 0 Å². The molecule has 0 saturated carbocycles. The van der Waals surface area contributed by atoms with Crippen LogP contribution in [0.3, 0.4) is 0 Å². The molecule has 0 aliphatic carbocycles. The van der Waals surface area contributed by atoms with Crippen LogP contribution in [0.25, 0.3) is 98.4 Å². The SMILES string of the molecule is c1ccc2oc(-c3cc(-c4cccc5ccccc45)c4ccc5ccc(-c6cccc7ccccc67)c6ccc3c4c56)cc2c1. The zero-order valence-electron chi connectivity index (χ0n) is 24.4. The van der Waals surface area contributed by atoms with E-state index in [9.17, 15) is 0 Å². The highest BCUT2D eigenvalue weighted by Gasteiger charge is 2.21. The minimum absolute atomic E-state index is 0.893. The van der Waals surface area contributed by atoms with Gasteiger partial charge in [-0.15, -0.1) is 0 Å². The van der Waals surface area contributed by atoms with E-state index in [1.165, 1.54) is 76.1 Å². The van der Waals surface area contributed by atoms with Crippen molar-refractivity contribution in [1.82, 2.24) is 0 Å². The maximum Gasteiger partial charge on any atom is 0.136 e. The second kappa shape index (κ2) is 9.29. The predicted molar refractivity (Wildman–Crippen MR) is 191 cm³/mol. The van der Waals surface area contributed by atoms with Gasteiger partial charge in [-0.25, -0.2) is 0 Å². The Morgan fingerprint density at radius 2 is 0.822 bits per heavy atom. The molecule has 45 heavy (non-hydrogen) atoms. The standard InChI is InChI=1S/C44H26O/c1-4-14-31-27(9-1)12-7-16-33(31)35-21-19-29-20-22-37-39(34-17-8-13-28-10-2-5-15-32(28)34)26-40(38-24-23-36(35)43(29)44(37)38)42-25-30-11-3-6-18-41(30)45-42/h1-26H. The van der Waals surface area contributed by atoms with E-state index in [-0.39, 0.29) is 0 Å². The Morgan fingerprint density at radius 3 is 1.56 bits per heavy atom. The van der Waals surface area contributed by atoms with Crippen LogP contribution >= 0.6 is 0 Å². The smallest absolute Gasteiger partial charge is 0.136 e. The largest absolute Gasteiger partial charge is 0.456 e. The van der Waals surface area contributed by atoms with E-state index in [0.717, 1.165) is 22.3 Å². The van der Waals surface area contributed by atoms with Crippen LogP contribution in [0.2, 0.25) is 0 Å². The normalized spacial score (nSPS) is 12.0. The average molecular weight is 571 g/mol. The summed E-state index contributed by atoms with van der Waals surface area (Å²) in [6.45, 7) is 0. The first-order chi connectivity index (χ1) is 22.3. The van der Waals surface area contributed by atoms with Gasteiger partial charge < -0.3 is 4.42 Å². The van der Waals surface area contributed by atoms with E-state index in [0.29, 0.717) is 0 Å². The van der Waals surface area contributed by atoms with E-state index in [1.54, 1.807) is 0 Å². The number of fused-ring (bicyclic) bond motifs is 3. The molecule has 0 N–H and O–H groups in total. The first-order valence-corrected chi connectivity index (χ1v) is 15.5. The molecule has 0 atom stereocenters. The number of benzene rings is 9. The van der Waals surface area contributed by atoms with Gasteiger partial charge in [0.15, 0.2) is 0 Å². The van der Waals surface area contributed by atoms with Crippen LogP contribution < -0.4 is 0 Å². The van der Waals surface area contributed by atoms with Crippen molar-refractivity contribution in [2.24, 2.45) is 0 Å². The summed E-state index contributed by atoms with van der Waals surface area (Å²) in [5, 5.41) is 13.7. The van der Waals surface area contributed by atoms with Gasteiger partial charge in [0.25, 0.3) is 0 Å². The molecule has 9 aromatic carbocycles. The fourth-order valence-electron chi connectivity index (χ4n) is 7.59. The van der Waals surface area contributed by atoms with Crippen LogP contribution in [0.15, 0.2) is 162 Å². The molecular weight excluding hydrogens is 544 g/mol. The number of hydrogen-bond acceptors (Lipinski definition) is 1. The monoisotopic (exact) mass is 570 g/mol. The summed E-state index contributed by atoms with van der Waals surface area (Å²) in [6.07, 6.45) is 0. The molecular formula is C44H26O. The van der Waals surface area contributed by atoms with Crippen molar-refractivity contribution >= 4 is 64.8 Å². The summed E-state index contributed by atoms with van der Waals surface area (Å²) in [5.74, 6) is 0.893. The fourth-order valence-corrected chi connectivity index (χ4v) is 7.59. The van der Waals surface area contributed by atoms with Gasteiger partial charge in [0.1, 0.15) is 11.3 Å². The van der Waals surface area contributed by atoms with Crippen molar-refractivity contribution in [3.8, 4) is 33.6 Å². The summed E-state index contributed by atoms with van der Waals surface area (Å²) in [5.41, 5.74) is 7.00. The molecule has 0 saturated heterocycles. The van der Waals surface area contributed by atoms with Gasteiger partial charge in [-0.3, -0.25) is 0 Å². The Kier molecular flexibility index (Phi) is 5.06. The Hall–Kier alpha value is -5.92. The van der Waals surface area contributed by atoms with Crippen molar-refractivity contribution in [3.05, 3.63) is 158 Å². The predicted octanol–water partition coefficient (Wildman–Crippen LogP) is 12.6. The molecule has 1 heterocycles. The van der Waals surface area contributed by atoms with Crippen LogP contribution in [0.4, 0.5) is 0 Å². The topological polar surface area (TPSA) is 13.1 Å². The van der Waals surface area contributed by atoms with Gasteiger partial charge in [-0.1, -0.05) is 140 Å². The summed E-state index contributed by atoms with van der Waals surface area (Å²) >= 11 is 0. The Morgan fingerprint density at radius 1 is 0.289 bits per heavy atom. The lowest BCUT2D eigenvalue weighted by atomic mass is 9.84. The number of rotatable bonds is 3. The van der Waals surface area contributed by atoms with E-state index in [1.807, 2.05) is 6.07 Å². The first-order valence-electron chi connectivity index (χ1n) is 15.5. The minimum atomic E-state index is 0.893. The van der Waals surface area contributed by atoms with E-state index in [2.05, 4.69) is 152 Å². The molecule has 208 valence electrons. The molecule has 10 aromatic rings. The van der Waals surface area contributed by atoms with Crippen molar-refractivity contribution in [1.29, 1.82) is 0 Å². The summed E-state index contributed by atoms with van der Waals surface area (Å²) in [7, 11) is 0. The zero-order valence-corrected chi connectivity index (χ0v) is 24.4. The molecule has 0 spiro atoms. The molecule has 1 heteroatoms. The average Bonchev–Trinajstić information content (AvgIpc) is 3.54. The van der Waals surface area contributed by atoms with Crippen LogP contribution in [-0.4, -0.2) is 0 Å². The number of para-hydroxylation sites is 1. The van der Waals surface area contributed by atoms with E-state index < -0.39 is 0 Å². The van der Waals surface area contributed by atoms with Gasteiger partial charge in [-0.2, -0.15) is 0 Å². The highest BCUT2D eigenvalue weighted by molar-refractivity contribution is 6.30. The molecule has 10 rings (SSSR count). The highest BCUT2D eigenvalue weighted by atomic mass is 16.3. The number of hydrogen-bond donors (Lipinski definition) is 0. The third-order valence-electron chi connectivity index (χ3n) is 9.63. The Balaban J connectivity index is 1.37. The van der Waals surface area contributed by atoms with Crippen molar-refractivity contribution in [2.45, 2.75) is 0 Å². The molecule has 1 nitrogen and oxygen atoms in total. The fraction of sp³-hybridized carbons (Fsp3) is 0. The summed E-state index contributed by atoms with van der Waals surface area (Å²) in [4.78, 5) is 0. The first kappa shape index (κ1) is 24.5. The van der Waals surface area contributed by atoms with Gasteiger partial charge in [-0.05, 0) is 94.3 Å². The molecule has 1 aromatic heterocycles. The number of furan rings is 1. The van der Waals surface area contributed by atoms with Crippen LogP contribution in [0, 0.1) is 0 Å².